The van der Waals surface area contributed by atoms with Gasteiger partial charge in [0.1, 0.15) is 11.5 Å². The molecule has 0 aromatic heterocycles. The number of nitrogens with zero attached hydrogens (tertiary/aromatic N) is 2. The van der Waals surface area contributed by atoms with Gasteiger partial charge in [-0.25, -0.2) is 0 Å². The Morgan fingerprint density at radius 3 is 2.15 bits per heavy atom. The van der Waals surface area contributed by atoms with Crippen molar-refractivity contribution in [1.29, 1.82) is 0 Å². The van der Waals surface area contributed by atoms with Gasteiger partial charge < -0.3 is 9.84 Å². The maximum atomic E-state index is 14.3. The van der Waals surface area contributed by atoms with Crippen LogP contribution in [0.3, 0.4) is 0 Å². The highest BCUT2D eigenvalue weighted by atomic mass is 35.5. The molecule has 0 unspecified atom stereocenters. The van der Waals surface area contributed by atoms with Gasteiger partial charge in [-0.05, 0) is 25.1 Å². The molecule has 1 amide bonds. The van der Waals surface area contributed by atoms with Crippen molar-refractivity contribution in [1.82, 2.24) is 5.01 Å². The molecule has 5 nitrogen and oxygen atoms in total. The second-order valence-corrected chi connectivity index (χ2v) is 9.27. The molecule has 0 spiro atoms. The molecule has 0 fully saturated rings. The van der Waals surface area contributed by atoms with Gasteiger partial charge in [-0.1, -0.05) is 44.0 Å². The van der Waals surface area contributed by atoms with Crippen molar-refractivity contribution >= 4 is 34.8 Å². The molecule has 0 saturated heterocycles. The van der Waals surface area contributed by atoms with E-state index in [-0.39, 0.29) is 20.8 Å². The third-order valence-electron chi connectivity index (χ3n) is 5.05. The van der Waals surface area contributed by atoms with Gasteiger partial charge in [0.15, 0.2) is 11.8 Å². The molecule has 2 atom stereocenters. The Kier molecular flexibility index (Phi) is 7.04. The molecule has 1 aromatic carbocycles. The lowest BCUT2D eigenvalue weighted by Gasteiger charge is -2.42. The topological polar surface area (TPSA) is 62.1 Å². The Balaban J connectivity index is 2.48. The molecule has 1 heterocycles. The third-order valence-corrected chi connectivity index (χ3v) is 5.58. The van der Waals surface area contributed by atoms with Crippen LogP contribution in [0.15, 0.2) is 23.3 Å². The first-order valence-corrected chi connectivity index (χ1v) is 10.0. The molecular weight excluding hydrogens is 508 g/mol. The number of hydrazone groups is 1. The molecule has 1 aliphatic heterocycles. The highest BCUT2D eigenvalue weighted by Crippen LogP contribution is 2.51. The smallest absolute Gasteiger partial charge is 0.460 e. The zero-order valence-electron chi connectivity index (χ0n) is 17.6. The summed E-state index contributed by atoms with van der Waals surface area (Å²) in [6.45, 7) is 4.89. The van der Waals surface area contributed by atoms with Gasteiger partial charge in [-0.15, -0.1) is 0 Å². The number of hydrogen-bond donors (Lipinski definition) is 1. The van der Waals surface area contributed by atoms with E-state index in [1.54, 1.807) is 0 Å². The summed E-state index contributed by atoms with van der Waals surface area (Å²) in [5.41, 5.74) is -6.19. The van der Waals surface area contributed by atoms with Gasteiger partial charge in [0.05, 0.1) is 5.02 Å². The molecule has 0 radical (unpaired) electrons. The van der Waals surface area contributed by atoms with E-state index in [0.717, 1.165) is 6.92 Å². The Morgan fingerprint density at radius 1 is 1.15 bits per heavy atom. The van der Waals surface area contributed by atoms with Gasteiger partial charge in [-0.3, -0.25) is 4.79 Å². The van der Waals surface area contributed by atoms with Crippen LogP contribution in [0.5, 0.6) is 5.75 Å². The first-order chi connectivity index (χ1) is 14.7. The van der Waals surface area contributed by atoms with E-state index in [1.165, 1.54) is 39.0 Å². The Bertz CT molecular complexity index is 964. The minimum atomic E-state index is -6.61. The van der Waals surface area contributed by atoms with Crippen LogP contribution >= 0.6 is 23.2 Å². The number of alkyl halides is 7. The lowest BCUT2D eigenvalue weighted by molar-refractivity contribution is -0.336. The van der Waals surface area contributed by atoms with Crippen molar-refractivity contribution in [3.05, 3.63) is 28.2 Å². The minimum absolute atomic E-state index is 0.0322. The van der Waals surface area contributed by atoms with Crippen LogP contribution < -0.4 is 4.74 Å². The van der Waals surface area contributed by atoms with Crippen molar-refractivity contribution in [2.75, 3.05) is 0 Å². The number of carbonyl (C=O) groups excluding carboxylic acids is 1. The Hall–Kier alpha value is -1.79. The average molecular weight is 527 g/mol. The largest absolute Gasteiger partial charge is 0.479 e. The predicted octanol–water partition coefficient (Wildman–Crippen LogP) is 5.92. The normalized spacial score (nSPS) is 21.2. The van der Waals surface area contributed by atoms with E-state index in [0.29, 0.717) is 0 Å². The predicted molar refractivity (Wildman–Crippen MR) is 106 cm³/mol. The van der Waals surface area contributed by atoms with Gasteiger partial charge >= 0.3 is 18.0 Å². The number of carbonyl (C=O) groups is 1. The Labute approximate surface area is 194 Å². The van der Waals surface area contributed by atoms with Crippen molar-refractivity contribution in [2.45, 2.75) is 64.0 Å². The highest BCUT2D eigenvalue weighted by molar-refractivity contribution is 6.35. The van der Waals surface area contributed by atoms with Crippen molar-refractivity contribution in [2.24, 2.45) is 10.5 Å². The van der Waals surface area contributed by atoms with Crippen LogP contribution in [0.1, 0.15) is 34.1 Å². The molecule has 186 valence electrons. The van der Waals surface area contributed by atoms with E-state index < -0.39 is 53.3 Å². The summed E-state index contributed by atoms with van der Waals surface area (Å²) in [5.74, 6) is -13.7. The molecule has 33 heavy (non-hydrogen) atoms. The van der Waals surface area contributed by atoms with Crippen LogP contribution in [0, 0.1) is 5.41 Å². The quantitative estimate of drug-likeness (QED) is 0.484. The fourth-order valence-electron chi connectivity index (χ4n) is 2.88. The zero-order chi connectivity index (χ0) is 25.8. The van der Waals surface area contributed by atoms with Crippen LogP contribution in [0.25, 0.3) is 0 Å². The summed E-state index contributed by atoms with van der Waals surface area (Å²) in [7, 11) is 0. The molecule has 1 aromatic rings. The second kappa shape index (κ2) is 8.46. The molecular formula is C19H19Cl2F7N2O3. The van der Waals surface area contributed by atoms with Crippen molar-refractivity contribution < 1.29 is 45.4 Å². The first-order valence-electron chi connectivity index (χ1n) is 9.25. The molecule has 14 heteroatoms. The van der Waals surface area contributed by atoms with Gasteiger partial charge in [0.2, 0.25) is 0 Å². The Morgan fingerprint density at radius 2 is 1.70 bits per heavy atom. The summed E-state index contributed by atoms with van der Waals surface area (Å²) in [4.78, 5) is 12.9. The monoisotopic (exact) mass is 526 g/mol. The van der Waals surface area contributed by atoms with Crippen LogP contribution in [-0.2, 0) is 4.79 Å². The van der Waals surface area contributed by atoms with E-state index >= 15 is 0 Å². The summed E-state index contributed by atoms with van der Waals surface area (Å²) in [5, 5.41) is 14.3. The summed E-state index contributed by atoms with van der Waals surface area (Å²) >= 11 is 11.7. The van der Waals surface area contributed by atoms with E-state index in [9.17, 15) is 40.6 Å². The lowest BCUT2D eigenvalue weighted by atomic mass is 9.79. The number of benzene rings is 1. The highest BCUT2D eigenvalue weighted by Gasteiger charge is 2.76. The van der Waals surface area contributed by atoms with Gasteiger partial charge in [0.25, 0.3) is 5.91 Å². The van der Waals surface area contributed by atoms with E-state index in [4.69, 9.17) is 27.9 Å². The number of hydrogen-bond acceptors (Lipinski definition) is 4. The number of rotatable bonds is 5. The first kappa shape index (κ1) is 27.5. The number of ether oxygens (including phenoxy) is 1. The van der Waals surface area contributed by atoms with Crippen molar-refractivity contribution in [3.63, 3.8) is 0 Å². The number of halogens is 9. The number of aliphatic hydroxyl groups is 1. The summed E-state index contributed by atoms with van der Waals surface area (Å²) in [6, 6.07) is 3.91. The lowest BCUT2D eigenvalue weighted by Crippen LogP contribution is -2.59. The van der Waals surface area contributed by atoms with E-state index in [1.807, 2.05) is 0 Å². The minimum Gasteiger partial charge on any atom is -0.479 e. The van der Waals surface area contributed by atoms with Crippen molar-refractivity contribution in [3.8, 4) is 5.75 Å². The SMILES string of the molecule is C[C@H](Oc1ccc(Cl)cc1Cl)C(=O)N1N=C(C(F)(F)C(F)(F)C(F)(F)F)C[C@@]1(O)C(C)(C)C. The van der Waals surface area contributed by atoms with Crippen LogP contribution in [-0.4, -0.2) is 51.6 Å². The molecule has 0 bridgehead atoms. The second-order valence-electron chi connectivity index (χ2n) is 8.42. The maximum Gasteiger partial charge on any atom is 0.460 e. The molecule has 1 aliphatic rings. The zero-order valence-corrected chi connectivity index (χ0v) is 19.1. The third kappa shape index (κ3) is 4.74. The molecule has 1 N–H and O–H groups in total. The number of amides is 1. The summed E-state index contributed by atoms with van der Waals surface area (Å²) in [6.07, 6.45) is -9.65. The summed E-state index contributed by atoms with van der Waals surface area (Å²) < 4.78 is 99.0. The molecule has 0 saturated carbocycles. The van der Waals surface area contributed by atoms with Crippen LogP contribution in [0.2, 0.25) is 10.0 Å². The molecule has 0 aliphatic carbocycles. The average Bonchev–Trinajstić information content (AvgIpc) is 3.01. The van der Waals surface area contributed by atoms with Gasteiger partial charge in [-0.2, -0.15) is 40.8 Å². The van der Waals surface area contributed by atoms with E-state index in [2.05, 4.69) is 5.10 Å². The fraction of sp³-hybridized carbons (Fsp3) is 0.579. The fourth-order valence-corrected chi connectivity index (χ4v) is 3.33. The van der Waals surface area contributed by atoms with Gasteiger partial charge in [0, 0.05) is 16.9 Å². The maximum absolute atomic E-state index is 14.3. The van der Waals surface area contributed by atoms with Crippen LogP contribution in [0.4, 0.5) is 30.7 Å². The standard InChI is InChI=1S/C19H19Cl2F7N2O3/c1-9(33-12-6-5-10(20)7-11(12)21)14(31)30-16(32,15(2,3)4)8-13(29-30)17(22,23)18(24,25)19(26,27)28/h5-7,9,32H,8H2,1-4H3/t9-,16+/m0/s1. The molecule has 2 rings (SSSR count).